The van der Waals surface area contributed by atoms with Crippen LogP contribution in [0, 0.1) is 5.41 Å². The highest BCUT2D eigenvalue weighted by molar-refractivity contribution is 5.95. The Hall–Kier alpha value is -2.99. The van der Waals surface area contributed by atoms with Crippen molar-refractivity contribution in [3.63, 3.8) is 0 Å². The van der Waals surface area contributed by atoms with Crippen LogP contribution in [0.1, 0.15) is 24.0 Å². The van der Waals surface area contributed by atoms with E-state index in [-0.39, 0.29) is 11.6 Å². The van der Waals surface area contributed by atoms with Gasteiger partial charge in [0.1, 0.15) is 23.4 Å². The SMILES string of the molecule is N=C(N)c1ccc(O)c(C=CCNc2ccc(OC3CCNCC3)cc2)c1. The second-order valence-electron chi connectivity index (χ2n) is 6.56. The van der Waals surface area contributed by atoms with Gasteiger partial charge in [-0.15, -0.1) is 0 Å². The predicted octanol–water partition coefficient (Wildman–Crippen LogP) is 2.93. The van der Waals surface area contributed by atoms with Gasteiger partial charge in [0.2, 0.25) is 0 Å². The lowest BCUT2D eigenvalue weighted by molar-refractivity contribution is 0.162. The summed E-state index contributed by atoms with van der Waals surface area (Å²) in [6, 6.07) is 12.8. The number of rotatable bonds is 7. The fourth-order valence-corrected chi connectivity index (χ4v) is 2.98. The Morgan fingerprint density at radius 2 is 1.96 bits per heavy atom. The average molecular weight is 366 g/mol. The van der Waals surface area contributed by atoms with E-state index in [1.807, 2.05) is 36.4 Å². The Bertz CT molecular complexity index is 796. The molecule has 6 nitrogen and oxygen atoms in total. The van der Waals surface area contributed by atoms with E-state index in [0.717, 1.165) is 37.4 Å². The molecule has 1 aliphatic rings. The van der Waals surface area contributed by atoms with Crippen molar-refractivity contribution in [1.29, 1.82) is 5.41 Å². The van der Waals surface area contributed by atoms with E-state index < -0.39 is 0 Å². The maximum Gasteiger partial charge on any atom is 0.122 e. The third-order valence-electron chi connectivity index (χ3n) is 4.50. The molecule has 0 aromatic heterocycles. The number of nitrogens with one attached hydrogen (secondary N) is 3. The lowest BCUT2D eigenvalue weighted by Crippen LogP contribution is -2.34. The number of phenols is 1. The van der Waals surface area contributed by atoms with E-state index >= 15 is 0 Å². The van der Waals surface area contributed by atoms with Gasteiger partial charge in [-0.25, -0.2) is 0 Å². The van der Waals surface area contributed by atoms with Crippen molar-refractivity contribution >= 4 is 17.6 Å². The van der Waals surface area contributed by atoms with Gasteiger partial charge < -0.3 is 26.2 Å². The van der Waals surface area contributed by atoms with Gasteiger partial charge in [0.15, 0.2) is 0 Å². The highest BCUT2D eigenvalue weighted by atomic mass is 16.5. The molecule has 3 rings (SSSR count). The Morgan fingerprint density at radius 1 is 1.22 bits per heavy atom. The number of piperidine rings is 1. The number of phenolic OH excluding ortho intramolecular Hbond substituents is 1. The van der Waals surface area contributed by atoms with E-state index in [1.54, 1.807) is 18.2 Å². The smallest absolute Gasteiger partial charge is 0.122 e. The standard InChI is InChI=1S/C21H26N4O2/c22-21(23)16-3-8-20(26)15(14-16)2-1-11-25-17-4-6-18(7-5-17)27-19-9-12-24-13-10-19/h1-8,14,19,24-26H,9-13H2,(H3,22,23). The van der Waals surface area contributed by atoms with Crippen molar-refractivity contribution in [2.45, 2.75) is 18.9 Å². The van der Waals surface area contributed by atoms with E-state index in [9.17, 15) is 5.11 Å². The molecular weight excluding hydrogens is 340 g/mol. The van der Waals surface area contributed by atoms with Gasteiger partial charge in [0, 0.05) is 23.4 Å². The molecule has 142 valence electrons. The molecule has 0 radical (unpaired) electrons. The minimum atomic E-state index is -0.0189. The number of aromatic hydroxyl groups is 1. The second kappa shape index (κ2) is 9.09. The first-order chi connectivity index (χ1) is 13.1. The van der Waals surface area contributed by atoms with Crippen molar-refractivity contribution in [3.8, 4) is 11.5 Å². The van der Waals surface area contributed by atoms with Gasteiger partial charge in [-0.2, -0.15) is 0 Å². The van der Waals surface area contributed by atoms with Gasteiger partial charge in [0.05, 0.1) is 0 Å². The topological polar surface area (TPSA) is 103 Å². The molecule has 1 saturated heterocycles. The molecule has 0 unspecified atom stereocenters. The summed E-state index contributed by atoms with van der Waals surface area (Å²) in [7, 11) is 0. The van der Waals surface area contributed by atoms with Crippen LogP contribution >= 0.6 is 0 Å². The zero-order valence-electron chi connectivity index (χ0n) is 15.2. The van der Waals surface area contributed by atoms with Crippen LogP contribution in [0.2, 0.25) is 0 Å². The molecule has 1 fully saturated rings. The molecule has 0 atom stereocenters. The molecule has 6 N–H and O–H groups in total. The largest absolute Gasteiger partial charge is 0.507 e. The normalized spacial score (nSPS) is 15.0. The number of ether oxygens (including phenoxy) is 1. The number of benzene rings is 2. The summed E-state index contributed by atoms with van der Waals surface area (Å²) in [6.07, 6.45) is 6.11. The fourth-order valence-electron chi connectivity index (χ4n) is 2.98. The highest BCUT2D eigenvalue weighted by Gasteiger charge is 2.14. The second-order valence-corrected chi connectivity index (χ2v) is 6.56. The molecule has 2 aromatic carbocycles. The van der Waals surface area contributed by atoms with Gasteiger partial charge >= 0.3 is 0 Å². The summed E-state index contributed by atoms with van der Waals surface area (Å²) in [6.45, 7) is 2.64. The zero-order valence-corrected chi connectivity index (χ0v) is 15.2. The third-order valence-corrected chi connectivity index (χ3v) is 4.50. The first kappa shape index (κ1) is 18.8. The minimum Gasteiger partial charge on any atom is -0.507 e. The molecule has 6 heteroatoms. The van der Waals surface area contributed by atoms with Crippen molar-refractivity contribution < 1.29 is 9.84 Å². The van der Waals surface area contributed by atoms with E-state index in [2.05, 4.69) is 10.6 Å². The van der Waals surface area contributed by atoms with Crippen LogP contribution in [-0.4, -0.2) is 36.7 Å². The molecular formula is C21H26N4O2. The fraction of sp³-hybridized carbons (Fsp3) is 0.286. The number of anilines is 1. The van der Waals surface area contributed by atoms with Gasteiger partial charge in [0.25, 0.3) is 0 Å². The quantitative estimate of drug-likeness (QED) is 0.383. The molecule has 0 spiro atoms. The van der Waals surface area contributed by atoms with Crippen LogP contribution in [0.3, 0.4) is 0 Å². The molecule has 0 aliphatic carbocycles. The van der Waals surface area contributed by atoms with Crippen LogP contribution in [0.15, 0.2) is 48.5 Å². The number of amidine groups is 1. The van der Waals surface area contributed by atoms with Crippen LogP contribution in [0.5, 0.6) is 11.5 Å². The molecule has 1 aliphatic heterocycles. The number of nitrogens with two attached hydrogens (primary N) is 1. The molecule has 27 heavy (non-hydrogen) atoms. The molecule has 0 bridgehead atoms. The van der Waals surface area contributed by atoms with Crippen LogP contribution in [0.4, 0.5) is 5.69 Å². The van der Waals surface area contributed by atoms with Crippen LogP contribution in [-0.2, 0) is 0 Å². The number of hydrogen-bond donors (Lipinski definition) is 5. The first-order valence-corrected chi connectivity index (χ1v) is 9.17. The zero-order chi connectivity index (χ0) is 19.1. The molecule has 0 saturated carbocycles. The van der Waals surface area contributed by atoms with E-state index in [4.69, 9.17) is 15.9 Å². The van der Waals surface area contributed by atoms with Gasteiger partial charge in [-0.05, 0) is 68.4 Å². The van der Waals surface area contributed by atoms with E-state index in [1.165, 1.54) is 0 Å². The minimum absolute atomic E-state index is 0.0189. The molecule has 0 amide bonds. The Labute approximate surface area is 159 Å². The maximum absolute atomic E-state index is 9.90. The van der Waals surface area contributed by atoms with Crippen molar-refractivity contribution in [2.24, 2.45) is 5.73 Å². The van der Waals surface area contributed by atoms with Gasteiger partial charge in [-0.1, -0.05) is 12.2 Å². The lowest BCUT2D eigenvalue weighted by Gasteiger charge is -2.23. The summed E-state index contributed by atoms with van der Waals surface area (Å²) in [5.74, 6) is 1.04. The highest BCUT2D eigenvalue weighted by Crippen LogP contribution is 2.21. The summed E-state index contributed by atoms with van der Waals surface area (Å²) in [4.78, 5) is 0. The van der Waals surface area contributed by atoms with Crippen molar-refractivity contribution in [2.75, 3.05) is 25.0 Å². The van der Waals surface area contributed by atoms with Crippen LogP contribution < -0.4 is 21.1 Å². The summed E-state index contributed by atoms with van der Waals surface area (Å²) >= 11 is 0. The van der Waals surface area contributed by atoms with Gasteiger partial charge in [-0.3, -0.25) is 5.41 Å². The lowest BCUT2D eigenvalue weighted by atomic mass is 10.1. The monoisotopic (exact) mass is 366 g/mol. The first-order valence-electron chi connectivity index (χ1n) is 9.17. The average Bonchev–Trinajstić information content (AvgIpc) is 2.68. The Morgan fingerprint density at radius 3 is 2.67 bits per heavy atom. The van der Waals surface area contributed by atoms with E-state index in [0.29, 0.717) is 23.8 Å². The van der Waals surface area contributed by atoms with Crippen molar-refractivity contribution in [1.82, 2.24) is 5.32 Å². The number of nitrogen functional groups attached to an aromatic ring is 1. The Balaban J connectivity index is 1.50. The Kier molecular flexibility index (Phi) is 6.33. The predicted molar refractivity (Wildman–Crippen MR) is 110 cm³/mol. The summed E-state index contributed by atoms with van der Waals surface area (Å²) in [5, 5.41) is 24.0. The molecule has 1 heterocycles. The third kappa shape index (κ3) is 5.49. The molecule has 2 aromatic rings. The number of hydrogen-bond acceptors (Lipinski definition) is 5. The summed E-state index contributed by atoms with van der Waals surface area (Å²) < 4.78 is 6.00. The van der Waals surface area contributed by atoms with Crippen LogP contribution in [0.25, 0.3) is 6.08 Å². The van der Waals surface area contributed by atoms with Crippen molar-refractivity contribution in [3.05, 3.63) is 59.7 Å². The summed E-state index contributed by atoms with van der Waals surface area (Å²) in [5.41, 5.74) is 7.71. The maximum atomic E-state index is 9.90.